The highest BCUT2D eigenvalue weighted by atomic mass is 15.3. The number of nitrogens with zero attached hydrogens (tertiary/aromatic N) is 5. The van der Waals surface area contributed by atoms with Crippen molar-refractivity contribution < 1.29 is 0 Å². The van der Waals surface area contributed by atoms with E-state index in [2.05, 4.69) is 91.8 Å². The molecule has 190 valence electrons. The third-order valence-corrected chi connectivity index (χ3v) is 5.98. The smallest absolute Gasteiger partial charge is 0.145 e. The molecule has 0 radical (unpaired) electrons. The third-order valence-electron chi connectivity index (χ3n) is 5.98. The van der Waals surface area contributed by atoms with E-state index in [0.29, 0.717) is 17.5 Å². The highest BCUT2D eigenvalue weighted by molar-refractivity contribution is 5.70. The number of aryl methyl sites for hydroxylation is 1. The predicted octanol–water partition coefficient (Wildman–Crippen LogP) is 6.44. The molecule has 0 spiro atoms. The van der Waals surface area contributed by atoms with Gasteiger partial charge < -0.3 is 21.3 Å². The van der Waals surface area contributed by atoms with Crippen LogP contribution < -0.4 is 21.3 Å². The van der Waals surface area contributed by atoms with Gasteiger partial charge in [-0.2, -0.15) is 5.10 Å². The molecular weight excluding hydrogens is 460 g/mol. The van der Waals surface area contributed by atoms with Crippen molar-refractivity contribution in [3.05, 3.63) is 103 Å². The van der Waals surface area contributed by atoms with Crippen molar-refractivity contribution in [3.63, 3.8) is 0 Å². The van der Waals surface area contributed by atoms with Gasteiger partial charge in [-0.05, 0) is 50.2 Å². The van der Waals surface area contributed by atoms with Gasteiger partial charge >= 0.3 is 0 Å². The predicted molar refractivity (Wildman–Crippen MR) is 153 cm³/mol. The van der Waals surface area contributed by atoms with E-state index in [4.69, 9.17) is 10.8 Å². The molecule has 4 N–H and O–H groups in total. The van der Waals surface area contributed by atoms with E-state index < -0.39 is 0 Å². The molecular formula is C29H34N8. The lowest BCUT2D eigenvalue weighted by molar-refractivity contribution is 0.560. The Morgan fingerprint density at radius 1 is 1.00 bits per heavy atom. The lowest BCUT2D eigenvalue weighted by atomic mass is 9.92. The van der Waals surface area contributed by atoms with Crippen molar-refractivity contribution in [1.82, 2.24) is 19.7 Å². The van der Waals surface area contributed by atoms with E-state index >= 15 is 0 Å². The number of hydrogen-bond donors (Lipinski definition) is 3. The molecule has 0 aliphatic rings. The van der Waals surface area contributed by atoms with Gasteiger partial charge in [0, 0.05) is 34.6 Å². The number of rotatable bonds is 8. The maximum atomic E-state index is 5.97. The van der Waals surface area contributed by atoms with E-state index in [0.717, 1.165) is 34.1 Å². The Morgan fingerprint density at radius 3 is 2.30 bits per heavy atom. The van der Waals surface area contributed by atoms with E-state index in [9.17, 15) is 0 Å². The molecule has 0 saturated carbocycles. The van der Waals surface area contributed by atoms with Crippen molar-refractivity contribution in [3.8, 4) is 5.69 Å². The first-order valence-corrected chi connectivity index (χ1v) is 12.1. The van der Waals surface area contributed by atoms with Crippen LogP contribution in [0.2, 0.25) is 0 Å². The summed E-state index contributed by atoms with van der Waals surface area (Å²) in [7, 11) is 0. The highest BCUT2D eigenvalue weighted by Gasteiger charge is 2.21. The van der Waals surface area contributed by atoms with Crippen LogP contribution in [0.5, 0.6) is 0 Å². The van der Waals surface area contributed by atoms with Crippen molar-refractivity contribution in [2.45, 2.75) is 40.0 Å². The summed E-state index contributed by atoms with van der Waals surface area (Å²) in [5.41, 5.74) is 11.6. The van der Waals surface area contributed by atoms with Crippen LogP contribution in [0.25, 0.3) is 5.69 Å². The van der Waals surface area contributed by atoms with Crippen molar-refractivity contribution in [2.24, 2.45) is 0 Å². The summed E-state index contributed by atoms with van der Waals surface area (Å²) in [4.78, 5) is 10.3. The number of nitrogens with one attached hydrogen (secondary N) is 2. The molecule has 4 aromatic rings. The SMILES string of the molecule is C=CN(c1ccc(NC(=C)Nc2cc(C(C)(C)C)nn2-c2ccc(C)cc2)cc1)c1ncnc(N)c1C. The zero-order valence-corrected chi connectivity index (χ0v) is 22.1. The Morgan fingerprint density at radius 2 is 1.68 bits per heavy atom. The number of nitrogen functional groups attached to an aromatic ring is 1. The minimum Gasteiger partial charge on any atom is -0.383 e. The van der Waals surface area contributed by atoms with Crippen LogP contribution in [0, 0.1) is 13.8 Å². The van der Waals surface area contributed by atoms with Crippen LogP contribution in [0.3, 0.4) is 0 Å². The molecule has 2 aromatic heterocycles. The minimum absolute atomic E-state index is 0.0965. The summed E-state index contributed by atoms with van der Waals surface area (Å²) in [6.07, 6.45) is 3.16. The van der Waals surface area contributed by atoms with Crippen molar-refractivity contribution in [1.29, 1.82) is 0 Å². The second kappa shape index (κ2) is 10.2. The van der Waals surface area contributed by atoms with Gasteiger partial charge in [-0.1, -0.05) is 51.6 Å². The molecule has 0 aliphatic heterocycles. The summed E-state index contributed by atoms with van der Waals surface area (Å²) >= 11 is 0. The van der Waals surface area contributed by atoms with Crippen LogP contribution in [0.15, 0.2) is 86.1 Å². The van der Waals surface area contributed by atoms with Crippen molar-refractivity contribution in [2.75, 3.05) is 21.3 Å². The molecule has 37 heavy (non-hydrogen) atoms. The summed E-state index contributed by atoms with van der Waals surface area (Å²) < 4.78 is 1.91. The van der Waals surface area contributed by atoms with Crippen LogP contribution in [-0.4, -0.2) is 19.7 Å². The normalized spacial score (nSPS) is 11.2. The molecule has 0 amide bonds. The summed E-state index contributed by atoms with van der Waals surface area (Å²) in [6, 6.07) is 18.2. The van der Waals surface area contributed by atoms with Crippen LogP contribution in [0.1, 0.15) is 37.6 Å². The molecule has 0 bridgehead atoms. The number of anilines is 5. The fraction of sp³-hybridized carbons (Fsp3) is 0.207. The van der Waals surface area contributed by atoms with E-state index in [1.807, 2.05) is 40.8 Å². The Bertz CT molecular complexity index is 1410. The van der Waals surface area contributed by atoms with Crippen LogP contribution >= 0.6 is 0 Å². The topological polar surface area (TPSA) is 96.9 Å². The van der Waals surface area contributed by atoms with Gasteiger partial charge in [-0.25, -0.2) is 14.6 Å². The maximum Gasteiger partial charge on any atom is 0.145 e. The first-order valence-electron chi connectivity index (χ1n) is 12.1. The molecule has 0 aliphatic carbocycles. The molecule has 0 saturated heterocycles. The quantitative estimate of drug-likeness (QED) is 0.259. The zero-order valence-electron chi connectivity index (χ0n) is 22.1. The molecule has 0 fully saturated rings. The van der Waals surface area contributed by atoms with Crippen LogP contribution in [-0.2, 0) is 5.41 Å². The van der Waals surface area contributed by atoms with Crippen LogP contribution in [0.4, 0.5) is 28.8 Å². The highest BCUT2D eigenvalue weighted by Crippen LogP contribution is 2.30. The van der Waals surface area contributed by atoms with Gasteiger partial charge in [0.2, 0.25) is 0 Å². The molecule has 2 heterocycles. The number of hydrogen-bond acceptors (Lipinski definition) is 7. The molecule has 8 heteroatoms. The zero-order chi connectivity index (χ0) is 26.7. The monoisotopic (exact) mass is 494 g/mol. The summed E-state index contributed by atoms with van der Waals surface area (Å²) in [5, 5.41) is 11.6. The Kier molecular flexibility index (Phi) is 7.02. The van der Waals surface area contributed by atoms with Gasteiger partial charge in [0.05, 0.1) is 11.4 Å². The van der Waals surface area contributed by atoms with Gasteiger partial charge in [-0.15, -0.1) is 0 Å². The summed E-state index contributed by atoms with van der Waals surface area (Å²) in [6.45, 7) is 18.5. The second-order valence-corrected chi connectivity index (χ2v) is 9.95. The largest absolute Gasteiger partial charge is 0.383 e. The number of benzene rings is 2. The van der Waals surface area contributed by atoms with E-state index in [-0.39, 0.29) is 5.41 Å². The molecule has 2 aromatic carbocycles. The number of nitrogens with two attached hydrogens (primary N) is 1. The molecule has 4 rings (SSSR count). The Labute approximate surface area is 218 Å². The summed E-state index contributed by atoms with van der Waals surface area (Å²) in [5.74, 6) is 2.59. The lowest BCUT2D eigenvalue weighted by Gasteiger charge is -2.21. The molecule has 0 atom stereocenters. The van der Waals surface area contributed by atoms with Gasteiger partial charge in [0.15, 0.2) is 0 Å². The average molecular weight is 495 g/mol. The van der Waals surface area contributed by atoms with Gasteiger partial charge in [0.25, 0.3) is 0 Å². The first kappa shape index (κ1) is 25.5. The van der Waals surface area contributed by atoms with Gasteiger partial charge in [-0.3, -0.25) is 0 Å². The minimum atomic E-state index is -0.0965. The van der Waals surface area contributed by atoms with Gasteiger partial charge in [0.1, 0.15) is 29.6 Å². The van der Waals surface area contributed by atoms with E-state index in [1.165, 1.54) is 11.9 Å². The molecule has 0 unspecified atom stereocenters. The first-order chi connectivity index (χ1) is 17.6. The van der Waals surface area contributed by atoms with Crippen molar-refractivity contribution >= 4 is 28.8 Å². The fourth-order valence-electron chi connectivity index (χ4n) is 3.80. The third kappa shape index (κ3) is 5.64. The Hall–Kier alpha value is -4.59. The van der Waals surface area contributed by atoms with E-state index in [1.54, 1.807) is 6.20 Å². The second-order valence-electron chi connectivity index (χ2n) is 9.95. The fourth-order valence-corrected chi connectivity index (χ4v) is 3.80. The Balaban J connectivity index is 1.53. The molecule has 8 nitrogen and oxygen atoms in total. The maximum absolute atomic E-state index is 5.97. The lowest BCUT2D eigenvalue weighted by Crippen LogP contribution is -2.14. The number of aromatic nitrogens is 4. The standard InChI is InChI=1S/C29H34N8/c1-8-36(28-20(3)27(30)31-18-32-28)23-15-11-22(12-16-23)33-21(4)34-26-17-25(29(5,6)7)35-37(26)24-13-9-19(2)10-14-24/h8-18,33-34H,1,4H2,2-3,5-7H3,(H2,30,31,32). The average Bonchev–Trinajstić information content (AvgIpc) is 3.28.